The molecule has 138 valence electrons. The van der Waals surface area contributed by atoms with Crippen LogP contribution in [0.15, 0.2) is 36.5 Å². The van der Waals surface area contributed by atoms with Crippen LogP contribution in [0.2, 0.25) is 0 Å². The lowest BCUT2D eigenvalue weighted by molar-refractivity contribution is 0.0930. The number of pyridine rings is 1. The Morgan fingerprint density at radius 3 is 2.70 bits per heavy atom. The van der Waals surface area contributed by atoms with E-state index in [1.54, 1.807) is 0 Å². The molecule has 2 N–H and O–H groups in total. The zero-order chi connectivity index (χ0) is 18.6. The van der Waals surface area contributed by atoms with Crippen LogP contribution in [-0.2, 0) is 5.41 Å². The summed E-state index contributed by atoms with van der Waals surface area (Å²) in [5.74, 6) is 0.641. The molecule has 3 heterocycles. The average molecular weight is 359 g/mol. The molecule has 2 aliphatic rings. The second kappa shape index (κ2) is 5.95. The SMILES string of the molecule is CC1(C)CNC(=O)c2ccc(-c3c[nH]c4nc(C5CCCC5)ccc34)cc21. The van der Waals surface area contributed by atoms with Crippen molar-refractivity contribution in [3.8, 4) is 11.1 Å². The van der Waals surface area contributed by atoms with Gasteiger partial charge in [-0.3, -0.25) is 4.79 Å². The Balaban J connectivity index is 1.59. The quantitative estimate of drug-likeness (QED) is 0.683. The van der Waals surface area contributed by atoms with Gasteiger partial charge in [-0.25, -0.2) is 4.98 Å². The number of nitrogens with zero attached hydrogens (tertiary/aromatic N) is 1. The van der Waals surface area contributed by atoms with E-state index < -0.39 is 0 Å². The number of aromatic amines is 1. The van der Waals surface area contributed by atoms with Gasteiger partial charge in [0.1, 0.15) is 5.65 Å². The average Bonchev–Trinajstić information content (AvgIpc) is 3.34. The molecule has 5 rings (SSSR count). The highest BCUT2D eigenvalue weighted by Crippen LogP contribution is 2.37. The van der Waals surface area contributed by atoms with E-state index in [1.165, 1.54) is 31.4 Å². The van der Waals surface area contributed by atoms with Crippen molar-refractivity contribution in [2.24, 2.45) is 0 Å². The first-order valence-corrected chi connectivity index (χ1v) is 9.94. The molecule has 1 aliphatic carbocycles. The van der Waals surface area contributed by atoms with Gasteiger partial charge in [-0.05, 0) is 48.2 Å². The molecule has 3 aromatic rings. The van der Waals surface area contributed by atoms with Gasteiger partial charge < -0.3 is 10.3 Å². The van der Waals surface area contributed by atoms with E-state index in [1.807, 2.05) is 18.3 Å². The minimum Gasteiger partial charge on any atom is -0.351 e. The number of fused-ring (bicyclic) bond motifs is 2. The molecule has 4 heteroatoms. The van der Waals surface area contributed by atoms with Crippen molar-refractivity contribution >= 4 is 16.9 Å². The molecule has 1 aliphatic heterocycles. The molecule has 1 aromatic carbocycles. The summed E-state index contributed by atoms with van der Waals surface area (Å²) in [7, 11) is 0. The smallest absolute Gasteiger partial charge is 0.251 e. The molecule has 0 bridgehead atoms. The lowest BCUT2D eigenvalue weighted by Gasteiger charge is -2.32. The van der Waals surface area contributed by atoms with Crippen molar-refractivity contribution < 1.29 is 4.79 Å². The summed E-state index contributed by atoms with van der Waals surface area (Å²) in [5.41, 5.74) is 6.31. The van der Waals surface area contributed by atoms with Crippen LogP contribution in [0.1, 0.15) is 67.1 Å². The molecule has 1 amide bonds. The summed E-state index contributed by atoms with van der Waals surface area (Å²) in [6, 6.07) is 10.6. The lowest BCUT2D eigenvalue weighted by atomic mass is 9.78. The van der Waals surface area contributed by atoms with Gasteiger partial charge in [-0.1, -0.05) is 32.8 Å². The number of benzene rings is 1. The third kappa shape index (κ3) is 2.66. The van der Waals surface area contributed by atoms with Gasteiger partial charge in [0.05, 0.1) is 0 Å². The third-order valence-corrected chi connectivity index (χ3v) is 6.33. The molecule has 1 fully saturated rings. The summed E-state index contributed by atoms with van der Waals surface area (Å²) in [4.78, 5) is 20.5. The van der Waals surface area contributed by atoms with Gasteiger partial charge >= 0.3 is 0 Å². The van der Waals surface area contributed by atoms with Gasteiger partial charge in [-0.2, -0.15) is 0 Å². The fourth-order valence-corrected chi connectivity index (χ4v) is 4.67. The summed E-state index contributed by atoms with van der Waals surface area (Å²) in [6.07, 6.45) is 7.20. The number of nitrogens with one attached hydrogen (secondary N) is 2. The highest BCUT2D eigenvalue weighted by molar-refractivity contribution is 5.99. The first kappa shape index (κ1) is 16.5. The normalized spacial score (nSPS) is 19.3. The maximum absolute atomic E-state index is 12.2. The minimum absolute atomic E-state index is 0.0256. The minimum atomic E-state index is -0.0702. The van der Waals surface area contributed by atoms with E-state index in [4.69, 9.17) is 4.98 Å². The van der Waals surface area contributed by atoms with E-state index in [-0.39, 0.29) is 11.3 Å². The maximum Gasteiger partial charge on any atom is 0.251 e. The van der Waals surface area contributed by atoms with Gasteiger partial charge in [0, 0.05) is 46.3 Å². The number of carbonyl (C=O) groups is 1. The van der Waals surface area contributed by atoms with E-state index in [0.29, 0.717) is 12.5 Å². The van der Waals surface area contributed by atoms with Crippen LogP contribution in [0.4, 0.5) is 0 Å². The molecule has 27 heavy (non-hydrogen) atoms. The molecule has 1 saturated carbocycles. The molecular formula is C23H25N3O. The fourth-order valence-electron chi connectivity index (χ4n) is 4.67. The maximum atomic E-state index is 12.2. The lowest BCUT2D eigenvalue weighted by Crippen LogP contribution is -2.43. The van der Waals surface area contributed by atoms with Gasteiger partial charge in [-0.15, -0.1) is 0 Å². The number of hydrogen-bond donors (Lipinski definition) is 2. The van der Waals surface area contributed by atoms with Crippen molar-refractivity contribution in [2.45, 2.75) is 50.9 Å². The van der Waals surface area contributed by atoms with E-state index in [9.17, 15) is 4.79 Å². The molecule has 4 nitrogen and oxygen atoms in total. The largest absolute Gasteiger partial charge is 0.351 e. The summed E-state index contributed by atoms with van der Waals surface area (Å²) in [5, 5.41) is 4.14. The molecule has 0 unspecified atom stereocenters. The highest BCUT2D eigenvalue weighted by Gasteiger charge is 2.31. The van der Waals surface area contributed by atoms with E-state index in [0.717, 1.165) is 33.3 Å². The van der Waals surface area contributed by atoms with Crippen LogP contribution < -0.4 is 5.32 Å². The molecule has 2 aromatic heterocycles. The Morgan fingerprint density at radius 2 is 1.89 bits per heavy atom. The summed E-state index contributed by atoms with van der Waals surface area (Å²) < 4.78 is 0. The predicted octanol–water partition coefficient (Wildman–Crippen LogP) is 4.91. The van der Waals surface area contributed by atoms with Gasteiger partial charge in [0.25, 0.3) is 5.91 Å². The summed E-state index contributed by atoms with van der Waals surface area (Å²) in [6.45, 7) is 5.03. The number of H-pyrrole nitrogens is 1. The highest BCUT2D eigenvalue weighted by atomic mass is 16.1. The van der Waals surface area contributed by atoms with Crippen molar-refractivity contribution in [1.29, 1.82) is 0 Å². The van der Waals surface area contributed by atoms with Crippen LogP contribution >= 0.6 is 0 Å². The van der Waals surface area contributed by atoms with Crippen LogP contribution in [-0.4, -0.2) is 22.4 Å². The van der Waals surface area contributed by atoms with Crippen molar-refractivity contribution in [2.75, 3.05) is 6.54 Å². The number of aromatic nitrogens is 2. The molecule has 0 spiro atoms. The first-order valence-electron chi connectivity index (χ1n) is 9.94. The van der Waals surface area contributed by atoms with E-state index >= 15 is 0 Å². The Morgan fingerprint density at radius 1 is 1.07 bits per heavy atom. The standard InChI is InChI=1S/C23H25N3O/c1-23(2)13-25-22(27)17-8-7-15(11-19(17)23)18-12-24-21-16(18)9-10-20(26-21)14-5-3-4-6-14/h7-12,14H,3-6,13H2,1-2H3,(H,24,26)(H,25,27). The van der Waals surface area contributed by atoms with E-state index in [2.05, 4.69) is 42.3 Å². The second-order valence-corrected chi connectivity index (χ2v) is 8.64. The number of hydrogen-bond acceptors (Lipinski definition) is 2. The van der Waals surface area contributed by atoms with Crippen LogP contribution in [0.5, 0.6) is 0 Å². The Hall–Kier alpha value is -2.62. The van der Waals surface area contributed by atoms with Gasteiger partial charge in [0.15, 0.2) is 0 Å². The first-order chi connectivity index (χ1) is 13.0. The van der Waals surface area contributed by atoms with Crippen LogP contribution in [0, 0.1) is 0 Å². The number of amides is 1. The second-order valence-electron chi connectivity index (χ2n) is 8.64. The molecule has 0 atom stereocenters. The topological polar surface area (TPSA) is 57.8 Å². The zero-order valence-corrected chi connectivity index (χ0v) is 15.9. The molecular weight excluding hydrogens is 334 g/mol. The summed E-state index contributed by atoms with van der Waals surface area (Å²) >= 11 is 0. The van der Waals surface area contributed by atoms with Crippen LogP contribution in [0.3, 0.4) is 0 Å². The number of rotatable bonds is 2. The third-order valence-electron chi connectivity index (χ3n) is 6.33. The van der Waals surface area contributed by atoms with Crippen LogP contribution in [0.25, 0.3) is 22.2 Å². The van der Waals surface area contributed by atoms with Gasteiger partial charge in [0.2, 0.25) is 0 Å². The van der Waals surface area contributed by atoms with Crippen molar-refractivity contribution in [1.82, 2.24) is 15.3 Å². The Bertz CT molecular complexity index is 1040. The Labute approximate surface area is 159 Å². The zero-order valence-electron chi connectivity index (χ0n) is 15.9. The van der Waals surface area contributed by atoms with Crippen molar-refractivity contribution in [3.05, 3.63) is 53.3 Å². The molecule has 0 saturated heterocycles. The Kier molecular flexibility index (Phi) is 3.64. The fraction of sp³-hybridized carbons (Fsp3) is 0.391. The van der Waals surface area contributed by atoms with Crippen molar-refractivity contribution in [3.63, 3.8) is 0 Å². The molecule has 0 radical (unpaired) electrons. The number of carbonyl (C=O) groups excluding carboxylic acids is 1. The monoisotopic (exact) mass is 359 g/mol. The predicted molar refractivity (Wildman–Crippen MR) is 108 cm³/mol.